The van der Waals surface area contributed by atoms with Gasteiger partial charge in [-0.2, -0.15) is 0 Å². The van der Waals surface area contributed by atoms with Crippen LogP contribution in [0.4, 0.5) is 5.69 Å². The van der Waals surface area contributed by atoms with E-state index in [-0.39, 0.29) is 12.3 Å². The number of nitro benzene ring substituents is 1. The third-order valence-electron chi connectivity index (χ3n) is 4.11. The Hall–Kier alpha value is -2.41. The summed E-state index contributed by atoms with van der Waals surface area (Å²) in [4.78, 5) is 24.8. The van der Waals surface area contributed by atoms with Crippen molar-refractivity contribution in [2.24, 2.45) is 0 Å². The SMILES string of the molecule is CCOC(=O)C1(OC)CN(Cc2cc(C)cc([N+](=O)[O-])c2)C=C1C. The molecule has 0 bridgehead atoms. The average Bonchev–Trinajstić information content (AvgIpc) is 2.83. The zero-order valence-electron chi connectivity index (χ0n) is 14.4. The average molecular weight is 334 g/mol. The molecule has 0 fully saturated rings. The van der Waals surface area contributed by atoms with Gasteiger partial charge in [0.05, 0.1) is 18.1 Å². The molecule has 0 spiro atoms. The van der Waals surface area contributed by atoms with Gasteiger partial charge in [-0.3, -0.25) is 10.1 Å². The van der Waals surface area contributed by atoms with Crippen LogP contribution in [0.5, 0.6) is 0 Å². The van der Waals surface area contributed by atoms with Gasteiger partial charge in [-0.05, 0) is 37.5 Å². The number of rotatable bonds is 6. The van der Waals surface area contributed by atoms with Gasteiger partial charge >= 0.3 is 5.97 Å². The number of methoxy groups -OCH3 is 1. The van der Waals surface area contributed by atoms with E-state index >= 15 is 0 Å². The number of nitrogens with zero attached hydrogens (tertiary/aromatic N) is 2. The zero-order chi connectivity index (χ0) is 17.9. The van der Waals surface area contributed by atoms with E-state index in [4.69, 9.17) is 9.47 Å². The highest BCUT2D eigenvalue weighted by Gasteiger charge is 2.47. The molecular weight excluding hydrogens is 312 g/mol. The summed E-state index contributed by atoms with van der Waals surface area (Å²) in [6.07, 6.45) is 1.84. The van der Waals surface area contributed by atoms with Gasteiger partial charge in [-0.15, -0.1) is 0 Å². The summed E-state index contributed by atoms with van der Waals surface area (Å²) < 4.78 is 10.6. The Morgan fingerprint density at radius 3 is 2.67 bits per heavy atom. The van der Waals surface area contributed by atoms with Crippen LogP contribution in [0, 0.1) is 17.0 Å². The summed E-state index contributed by atoms with van der Waals surface area (Å²) in [5.41, 5.74) is 1.33. The van der Waals surface area contributed by atoms with E-state index in [2.05, 4.69) is 0 Å². The van der Waals surface area contributed by atoms with Gasteiger partial charge in [0.15, 0.2) is 0 Å². The van der Waals surface area contributed by atoms with Crippen LogP contribution in [0.1, 0.15) is 25.0 Å². The van der Waals surface area contributed by atoms with E-state index in [9.17, 15) is 14.9 Å². The topological polar surface area (TPSA) is 81.9 Å². The van der Waals surface area contributed by atoms with Crippen molar-refractivity contribution in [3.63, 3.8) is 0 Å². The molecule has 7 nitrogen and oxygen atoms in total. The number of benzene rings is 1. The number of carbonyl (C=O) groups is 1. The molecule has 1 aromatic rings. The first kappa shape index (κ1) is 17.9. The lowest BCUT2D eigenvalue weighted by atomic mass is 9.98. The summed E-state index contributed by atoms with van der Waals surface area (Å²) in [7, 11) is 1.48. The smallest absolute Gasteiger partial charge is 0.344 e. The van der Waals surface area contributed by atoms with Crippen molar-refractivity contribution >= 4 is 11.7 Å². The maximum atomic E-state index is 12.3. The zero-order valence-corrected chi connectivity index (χ0v) is 14.4. The van der Waals surface area contributed by atoms with Crippen molar-refractivity contribution in [2.45, 2.75) is 32.9 Å². The van der Waals surface area contributed by atoms with Crippen molar-refractivity contribution < 1.29 is 19.2 Å². The maximum absolute atomic E-state index is 12.3. The number of carbonyl (C=O) groups excluding carboxylic acids is 1. The number of ether oxygens (including phenoxy) is 2. The lowest BCUT2D eigenvalue weighted by molar-refractivity contribution is -0.385. The summed E-state index contributed by atoms with van der Waals surface area (Å²) in [6.45, 7) is 6.43. The molecule has 130 valence electrons. The number of hydrogen-bond acceptors (Lipinski definition) is 6. The quantitative estimate of drug-likeness (QED) is 0.452. The highest BCUT2D eigenvalue weighted by molar-refractivity contribution is 5.84. The summed E-state index contributed by atoms with van der Waals surface area (Å²) in [6, 6.07) is 4.98. The standard InChI is InChI=1S/C17H22N2O5/c1-5-24-16(20)17(23-4)11-18(9-13(17)3)10-14-6-12(2)7-15(8-14)19(21)22/h6-9H,5,10-11H2,1-4H3. The van der Waals surface area contributed by atoms with Crippen LogP contribution in [-0.2, 0) is 20.8 Å². The molecule has 2 rings (SSSR count). The van der Waals surface area contributed by atoms with Gasteiger partial charge in [0, 0.05) is 32.0 Å². The largest absolute Gasteiger partial charge is 0.464 e. The highest BCUT2D eigenvalue weighted by Crippen LogP contribution is 2.32. The van der Waals surface area contributed by atoms with Crippen molar-refractivity contribution in [1.82, 2.24) is 4.90 Å². The number of nitro groups is 1. The molecule has 1 aliphatic rings. The van der Waals surface area contributed by atoms with E-state index in [0.29, 0.717) is 13.1 Å². The lowest BCUT2D eigenvalue weighted by Gasteiger charge is -2.28. The van der Waals surface area contributed by atoms with E-state index < -0.39 is 16.5 Å². The van der Waals surface area contributed by atoms with Gasteiger partial charge < -0.3 is 14.4 Å². The van der Waals surface area contributed by atoms with Crippen molar-refractivity contribution in [1.29, 1.82) is 0 Å². The normalized spacial score (nSPS) is 20.0. The second-order valence-electron chi connectivity index (χ2n) is 5.90. The minimum absolute atomic E-state index is 0.0632. The Morgan fingerprint density at radius 2 is 2.08 bits per heavy atom. The molecule has 1 aliphatic heterocycles. The Kier molecular flexibility index (Phi) is 5.23. The van der Waals surface area contributed by atoms with E-state index in [1.54, 1.807) is 13.0 Å². The molecule has 0 saturated heterocycles. The minimum Gasteiger partial charge on any atom is -0.464 e. The van der Waals surface area contributed by atoms with Crippen LogP contribution in [0.25, 0.3) is 0 Å². The third-order valence-corrected chi connectivity index (χ3v) is 4.11. The molecule has 0 radical (unpaired) electrons. The minimum atomic E-state index is -1.12. The number of aryl methyl sites for hydroxylation is 1. The number of hydrogen-bond donors (Lipinski definition) is 0. The van der Waals surface area contributed by atoms with Gasteiger partial charge in [-0.25, -0.2) is 4.79 Å². The number of esters is 1. The fourth-order valence-electron chi connectivity index (χ4n) is 2.99. The monoisotopic (exact) mass is 334 g/mol. The molecule has 0 saturated carbocycles. The Labute approximate surface area is 141 Å². The van der Waals surface area contributed by atoms with E-state index in [0.717, 1.165) is 16.7 Å². The Bertz CT molecular complexity index is 686. The first-order valence-corrected chi connectivity index (χ1v) is 7.72. The molecule has 0 N–H and O–H groups in total. The predicted octanol–water partition coefficient (Wildman–Crippen LogP) is 2.57. The van der Waals surface area contributed by atoms with Gasteiger partial charge in [0.1, 0.15) is 0 Å². The van der Waals surface area contributed by atoms with Crippen LogP contribution in [0.15, 0.2) is 30.0 Å². The van der Waals surface area contributed by atoms with Gasteiger partial charge in [-0.1, -0.05) is 6.07 Å². The molecular formula is C17H22N2O5. The number of non-ortho nitro benzene ring substituents is 1. The Morgan fingerprint density at radius 1 is 1.38 bits per heavy atom. The lowest BCUT2D eigenvalue weighted by Crippen LogP contribution is -2.47. The predicted molar refractivity (Wildman–Crippen MR) is 88.4 cm³/mol. The summed E-state index contributed by atoms with van der Waals surface area (Å²) in [5.74, 6) is -0.418. The molecule has 24 heavy (non-hydrogen) atoms. The van der Waals surface area contributed by atoms with Crippen molar-refractivity contribution in [3.05, 3.63) is 51.2 Å². The molecule has 0 aliphatic carbocycles. The fraction of sp³-hybridized carbons (Fsp3) is 0.471. The Balaban J connectivity index is 2.22. The molecule has 1 atom stereocenters. The molecule has 1 heterocycles. The highest BCUT2D eigenvalue weighted by atomic mass is 16.6. The first-order chi connectivity index (χ1) is 11.3. The van der Waals surface area contributed by atoms with Gasteiger partial charge in [0.25, 0.3) is 5.69 Å². The fourth-order valence-corrected chi connectivity index (χ4v) is 2.99. The van der Waals surface area contributed by atoms with Crippen molar-refractivity contribution in [2.75, 3.05) is 20.3 Å². The van der Waals surface area contributed by atoms with E-state index in [1.165, 1.54) is 13.2 Å². The van der Waals surface area contributed by atoms with Crippen molar-refractivity contribution in [3.8, 4) is 0 Å². The van der Waals surface area contributed by atoms with Crippen LogP contribution >= 0.6 is 0 Å². The molecule has 1 aromatic carbocycles. The third kappa shape index (κ3) is 3.41. The first-order valence-electron chi connectivity index (χ1n) is 7.72. The second kappa shape index (κ2) is 7.00. The van der Waals surface area contributed by atoms with Gasteiger partial charge in [0.2, 0.25) is 5.60 Å². The molecule has 1 unspecified atom stereocenters. The second-order valence-corrected chi connectivity index (χ2v) is 5.90. The maximum Gasteiger partial charge on any atom is 0.344 e. The molecule has 7 heteroatoms. The molecule has 0 aromatic heterocycles. The van der Waals surface area contributed by atoms with E-state index in [1.807, 2.05) is 31.0 Å². The van der Waals surface area contributed by atoms with Crippen LogP contribution in [0.3, 0.4) is 0 Å². The van der Waals surface area contributed by atoms with Crippen LogP contribution in [0.2, 0.25) is 0 Å². The van der Waals surface area contributed by atoms with Crippen LogP contribution < -0.4 is 0 Å². The summed E-state index contributed by atoms with van der Waals surface area (Å²) in [5, 5.41) is 11.0. The molecule has 0 amide bonds. The van der Waals surface area contributed by atoms with Crippen LogP contribution in [-0.4, -0.2) is 41.7 Å². The summed E-state index contributed by atoms with van der Waals surface area (Å²) >= 11 is 0.